The number of nitrogens with zero attached hydrogens (tertiary/aromatic N) is 3. The Bertz CT molecular complexity index is 394. The van der Waals surface area contributed by atoms with Crippen molar-refractivity contribution >= 4 is 17.5 Å². The van der Waals surface area contributed by atoms with E-state index in [0.717, 1.165) is 6.42 Å². The van der Waals surface area contributed by atoms with Gasteiger partial charge < -0.3 is 10.5 Å². The minimum Gasteiger partial charge on any atom is -0.493 e. The van der Waals surface area contributed by atoms with Crippen molar-refractivity contribution in [1.29, 1.82) is 0 Å². The summed E-state index contributed by atoms with van der Waals surface area (Å²) in [5.74, 6) is 1.27. The van der Waals surface area contributed by atoms with Gasteiger partial charge >= 0.3 is 0 Å². The minimum atomic E-state index is 0.0485. The maximum absolute atomic E-state index is 11.5. The molecule has 0 bridgehead atoms. The average Bonchev–Trinajstić information content (AvgIpc) is 2.64. The van der Waals surface area contributed by atoms with Crippen molar-refractivity contribution in [3.63, 3.8) is 0 Å². The number of ether oxygens (including phenoxy) is 1. The van der Waals surface area contributed by atoms with E-state index < -0.39 is 0 Å². The molecule has 80 valence electrons. The molecule has 1 saturated heterocycles. The van der Waals surface area contributed by atoms with E-state index in [9.17, 15) is 4.79 Å². The summed E-state index contributed by atoms with van der Waals surface area (Å²) in [6, 6.07) is 1.56. The maximum Gasteiger partial charge on any atom is 0.228 e. The fraction of sp³-hybridized carbons (Fsp3) is 0.444. The number of nitrogens with two attached hydrogens (primary N) is 1. The zero-order chi connectivity index (χ0) is 10.8. The van der Waals surface area contributed by atoms with Crippen LogP contribution in [0.2, 0.25) is 0 Å². The molecular formula is C9H12N4O2. The standard InChI is InChI=1S/C9H12N4O2/c1-15-6-5-7(10)11-12-9(6)13-4-2-3-8(13)14/h5H,2-4H2,1H3,(H2,10,11). The van der Waals surface area contributed by atoms with E-state index in [1.165, 1.54) is 7.11 Å². The molecule has 1 amide bonds. The van der Waals surface area contributed by atoms with Gasteiger partial charge in [0.15, 0.2) is 5.75 Å². The molecule has 1 aromatic rings. The monoisotopic (exact) mass is 208 g/mol. The summed E-state index contributed by atoms with van der Waals surface area (Å²) in [7, 11) is 1.51. The van der Waals surface area contributed by atoms with Crippen LogP contribution >= 0.6 is 0 Å². The molecule has 2 rings (SSSR count). The molecule has 2 N–H and O–H groups in total. The Hall–Kier alpha value is -1.85. The molecule has 0 unspecified atom stereocenters. The molecule has 1 aromatic heterocycles. The zero-order valence-electron chi connectivity index (χ0n) is 8.43. The van der Waals surface area contributed by atoms with Crippen LogP contribution in [0.5, 0.6) is 5.75 Å². The predicted molar refractivity (Wildman–Crippen MR) is 54.6 cm³/mol. The van der Waals surface area contributed by atoms with Gasteiger partial charge in [0.25, 0.3) is 0 Å². The Balaban J connectivity index is 2.38. The summed E-state index contributed by atoms with van der Waals surface area (Å²) in [5, 5.41) is 7.61. The number of nitrogen functional groups attached to an aromatic ring is 1. The molecule has 1 fully saturated rings. The van der Waals surface area contributed by atoms with E-state index in [4.69, 9.17) is 10.5 Å². The van der Waals surface area contributed by atoms with E-state index in [2.05, 4.69) is 10.2 Å². The van der Waals surface area contributed by atoms with Gasteiger partial charge in [0.1, 0.15) is 5.82 Å². The van der Waals surface area contributed by atoms with E-state index in [0.29, 0.717) is 24.5 Å². The van der Waals surface area contributed by atoms with Crippen molar-refractivity contribution in [2.45, 2.75) is 12.8 Å². The lowest BCUT2D eigenvalue weighted by atomic mass is 10.4. The second kappa shape index (κ2) is 3.72. The average molecular weight is 208 g/mol. The highest BCUT2D eigenvalue weighted by atomic mass is 16.5. The number of hydrogen-bond acceptors (Lipinski definition) is 5. The maximum atomic E-state index is 11.5. The molecule has 1 aliphatic rings. The number of rotatable bonds is 2. The molecule has 1 aliphatic heterocycles. The lowest BCUT2D eigenvalue weighted by molar-refractivity contribution is -0.117. The lowest BCUT2D eigenvalue weighted by Crippen LogP contribution is -2.25. The number of carbonyl (C=O) groups excluding carboxylic acids is 1. The summed E-state index contributed by atoms with van der Waals surface area (Å²) in [6.45, 7) is 0.661. The van der Waals surface area contributed by atoms with Crippen molar-refractivity contribution in [3.8, 4) is 5.75 Å². The van der Waals surface area contributed by atoms with Crippen molar-refractivity contribution in [2.24, 2.45) is 0 Å². The van der Waals surface area contributed by atoms with Gasteiger partial charge in [-0.3, -0.25) is 9.69 Å². The van der Waals surface area contributed by atoms with Crippen LogP contribution in [-0.2, 0) is 4.79 Å². The summed E-state index contributed by atoms with van der Waals surface area (Å²) >= 11 is 0. The molecule has 0 aromatic carbocycles. The molecule has 0 aliphatic carbocycles. The normalized spacial score (nSPS) is 15.8. The predicted octanol–water partition coefficient (Wildman–Crippen LogP) is 0.194. The Morgan fingerprint density at radius 2 is 2.33 bits per heavy atom. The first kappa shape index (κ1) is 9.70. The first-order valence-electron chi connectivity index (χ1n) is 4.70. The van der Waals surface area contributed by atoms with Gasteiger partial charge in [-0.15, -0.1) is 10.2 Å². The molecule has 0 saturated carbocycles. The van der Waals surface area contributed by atoms with Crippen molar-refractivity contribution < 1.29 is 9.53 Å². The fourth-order valence-electron chi connectivity index (χ4n) is 1.59. The van der Waals surface area contributed by atoms with Gasteiger partial charge in [-0.05, 0) is 6.42 Å². The number of aromatic nitrogens is 2. The third-order valence-corrected chi connectivity index (χ3v) is 2.31. The van der Waals surface area contributed by atoms with Gasteiger partial charge in [0, 0.05) is 19.0 Å². The first-order chi connectivity index (χ1) is 7.22. The number of methoxy groups -OCH3 is 1. The lowest BCUT2D eigenvalue weighted by Gasteiger charge is -2.16. The van der Waals surface area contributed by atoms with E-state index in [1.54, 1.807) is 11.0 Å². The van der Waals surface area contributed by atoms with Crippen molar-refractivity contribution in [1.82, 2.24) is 10.2 Å². The van der Waals surface area contributed by atoms with Crippen LogP contribution in [0, 0.1) is 0 Å². The molecule has 15 heavy (non-hydrogen) atoms. The Morgan fingerprint density at radius 1 is 1.53 bits per heavy atom. The first-order valence-corrected chi connectivity index (χ1v) is 4.70. The third-order valence-electron chi connectivity index (χ3n) is 2.31. The number of anilines is 2. The van der Waals surface area contributed by atoms with Crippen LogP contribution in [0.15, 0.2) is 6.07 Å². The molecule has 2 heterocycles. The molecule has 6 heteroatoms. The van der Waals surface area contributed by atoms with Crippen LogP contribution in [0.25, 0.3) is 0 Å². The smallest absolute Gasteiger partial charge is 0.228 e. The molecular weight excluding hydrogens is 196 g/mol. The highest BCUT2D eigenvalue weighted by molar-refractivity contribution is 5.95. The summed E-state index contributed by atoms with van der Waals surface area (Å²) in [6.07, 6.45) is 1.39. The van der Waals surface area contributed by atoms with Gasteiger partial charge in [0.2, 0.25) is 11.7 Å². The minimum absolute atomic E-state index is 0.0485. The van der Waals surface area contributed by atoms with Crippen molar-refractivity contribution in [3.05, 3.63) is 6.07 Å². The Labute approximate surface area is 87.0 Å². The number of hydrogen-bond donors (Lipinski definition) is 1. The Morgan fingerprint density at radius 3 is 2.93 bits per heavy atom. The van der Waals surface area contributed by atoms with E-state index >= 15 is 0 Å². The summed E-state index contributed by atoms with van der Waals surface area (Å²) < 4.78 is 5.11. The molecule has 6 nitrogen and oxygen atoms in total. The molecule has 0 radical (unpaired) electrons. The van der Waals surface area contributed by atoms with Gasteiger partial charge in [-0.1, -0.05) is 0 Å². The van der Waals surface area contributed by atoms with E-state index in [1.807, 2.05) is 0 Å². The van der Waals surface area contributed by atoms with Gasteiger partial charge in [-0.25, -0.2) is 0 Å². The number of amides is 1. The Kier molecular flexibility index (Phi) is 2.40. The second-order valence-corrected chi connectivity index (χ2v) is 3.31. The number of carbonyl (C=O) groups is 1. The largest absolute Gasteiger partial charge is 0.493 e. The topological polar surface area (TPSA) is 81.3 Å². The highest BCUT2D eigenvalue weighted by Gasteiger charge is 2.26. The van der Waals surface area contributed by atoms with Crippen LogP contribution in [0.4, 0.5) is 11.6 Å². The highest BCUT2D eigenvalue weighted by Crippen LogP contribution is 2.29. The quantitative estimate of drug-likeness (QED) is 0.750. The molecule has 0 atom stereocenters. The molecule has 0 spiro atoms. The third kappa shape index (κ3) is 1.70. The van der Waals surface area contributed by atoms with Gasteiger partial charge in [-0.2, -0.15) is 0 Å². The zero-order valence-corrected chi connectivity index (χ0v) is 8.43. The van der Waals surface area contributed by atoms with Crippen LogP contribution in [0.1, 0.15) is 12.8 Å². The van der Waals surface area contributed by atoms with Crippen LogP contribution < -0.4 is 15.4 Å². The van der Waals surface area contributed by atoms with Crippen LogP contribution in [-0.4, -0.2) is 29.8 Å². The van der Waals surface area contributed by atoms with Crippen LogP contribution in [0.3, 0.4) is 0 Å². The second-order valence-electron chi connectivity index (χ2n) is 3.31. The van der Waals surface area contributed by atoms with Crippen molar-refractivity contribution in [2.75, 3.05) is 24.3 Å². The summed E-state index contributed by atoms with van der Waals surface area (Å²) in [4.78, 5) is 13.1. The fourth-order valence-corrected chi connectivity index (χ4v) is 1.59. The van der Waals surface area contributed by atoms with E-state index in [-0.39, 0.29) is 11.7 Å². The SMILES string of the molecule is COc1cc(N)nnc1N1CCCC1=O. The summed E-state index contributed by atoms with van der Waals surface area (Å²) in [5.41, 5.74) is 5.48. The van der Waals surface area contributed by atoms with Gasteiger partial charge in [0.05, 0.1) is 7.11 Å².